The summed E-state index contributed by atoms with van der Waals surface area (Å²) in [6.45, 7) is 10.9. The summed E-state index contributed by atoms with van der Waals surface area (Å²) in [7, 11) is 0. The summed E-state index contributed by atoms with van der Waals surface area (Å²) in [6, 6.07) is 13.0. The molecule has 3 amide bonds. The Labute approximate surface area is 230 Å². The Morgan fingerprint density at radius 1 is 1.00 bits per heavy atom. The molecule has 1 aliphatic heterocycles. The van der Waals surface area contributed by atoms with E-state index in [0.717, 1.165) is 12.1 Å². The van der Waals surface area contributed by atoms with E-state index >= 15 is 0 Å². The first kappa shape index (κ1) is 31.6. The molecule has 0 unspecified atom stereocenters. The van der Waals surface area contributed by atoms with Crippen molar-refractivity contribution in [1.82, 2.24) is 15.1 Å². The van der Waals surface area contributed by atoms with Crippen molar-refractivity contribution in [2.45, 2.75) is 59.8 Å². The number of anilines is 3. The van der Waals surface area contributed by atoms with Crippen LogP contribution in [0.3, 0.4) is 0 Å². The average molecular weight is 557 g/mol. The summed E-state index contributed by atoms with van der Waals surface area (Å²) in [5.74, 6) is -0.373. The van der Waals surface area contributed by atoms with E-state index in [1.165, 1.54) is 36.9 Å². The van der Waals surface area contributed by atoms with Gasteiger partial charge in [-0.05, 0) is 49.7 Å². The van der Waals surface area contributed by atoms with Gasteiger partial charge >= 0.3 is 12.2 Å². The first-order valence-electron chi connectivity index (χ1n) is 12.6. The molecule has 212 valence electrons. The number of aromatic nitrogens is 2. The van der Waals surface area contributed by atoms with Crippen molar-refractivity contribution in [1.29, 1.82) is 5.26 Å². The molecule has 3 aromatic rings. The minimum atomic E-state index is -4.84. The predicted octanol–water partition coefficient (Wildman–Crippen LogP) is 6.20. The van der Waals surface area contributed by atoms with Gasteiger partial charge in [0.05, 0.1) is 29.4 Å². The Kier molecular flexibility index (Phi) is 10.2. The molecule has 0 radical (unpaired) electrons. The molecular formula is C28H31F3N6O3. The Morgan fingerprint density at radius 2 is 1.65 bits per heavy atom. The smallest absolute Gasteiger partial charge is 0.339 e. The number of nitriles is 1. The topological polar surface area (TPSA) is 122 Å². The quantitative estimate of drug-likeness (QED) is 0.361. The number of urea groups is 1. The first-order valence-corrected chi connectivity index (χ1v) is 12.6. The molecule has 2 aromatic carbocycles. The van der Waals surface area contributed by atoms with Crippen molar-refractivity contribution in [2.24, 2.45) is 0 Å². The zero-order valence-corrected chi connectivity index (χ0v) is 23.1. The summed E-state index contributed by atoms with van der Waals surface area (Å²) >= 11 is 0. The molecule has 9 nitrogen and oxygen atoms in total. The third-order valence-corrected chi connectivity index (χ3v) is 5.80. The maximum Gasteiger partial charge on any atom is 0.417 e. The van der Waals surface area contributed by atoms with Gasteiger partial charge in [0, 0.05) is 11.8 Å². The molecule has 1 aliphatic rings. The van der Waals surface area contributed by atoms with Crippen molar-refractivity contribution >= 4 is 29.1 Å². The standard InChI is InChI=1S/C24H19F3N6O3.2C2H6/c1-23(2)21(35)33(16-8-7-14(12-28)17(11-16)24(25,26)27)22(36)32(23)13-15-5-3-4-6-18(15)29-19-9-10-20(34)31-30-19;2*1-2/h3-11H,13H2,1-2H3,(H,29,30)(H,31,34);2*1-2H3. The number of benzene rings is 2. The van der Waals surface area contributed by atoms with Gasteiger partial charge in [-0.3, -0.25) is 9.59 Å². The second kappa shape index (κ2) is 12.9. The monoisotopic (exact) mass is 556 g/mol. The molecule has 40 heavy (non-hydrogen) atoms. The largest absolute Gasteiger partial charge is 0.417 e. The number of carbonyl (C=O) groups excluding carboxylic acids is 2. The predicted molar refractivity (Wildman–Crippen MR) is 146 cm³/mol. The molecule has 12 heteroatoms. The van der Waals surface area contributed by atoms with E-state index in [9.17, 15) is 27.6 Å². The van der Waals surface area contributed by atoms with Gasteiger partial charge < -0.3 is 10.2 Å². The zero-order valence-electron chi connectivity index (χ0n) is 23.1. The number of imide groups is 1. The molecule has 0 spiro atoms. The Morgan fingerprint density at radius 3 is 2.23 bits per heavy atom. The van der Waals surface area contributed by atoms with Crippen molar-refractivity contribution in [3.63, 3.8) is 0 Å². The molecule has 1 aromatic heterocycles. The van der Waals surface area contributed by atoms with Crippen LogP contribution in [0.2, 0.25) is 0 Å². The molecule has 0 aliphatic carbocycles. The highest BCUT2D eigenvalue weighted by molar-refractivity contribution is 6.23. The van der Waals surface area contributed by atoms with Crippen molar-refractivity contribution < 1.29 is 22.8 Å². The highest BCUT2D eigenvalue weighted by Gasteiger charge is 2.52. The van der Waals surface area contributed by atoms with Crippen molar-refractivity contribution in [3.05, 3.63) is 81.6 Å². The summed E-state index contributed by atoms with van der Waals surface area (Å²) in [6.07, 6.45) is -4.84. The van der Waals surface area contributed by atoms with E-state index in [4.69, 9.17) is 5.26 Å². The van der Waals surface area contributed by atoms with E-state index in [2.05, 4.69) is 15.5 Å². The molecule has 4 rings (SSSR count). The minimum Gasteiger partial charge on any atom is -0.339 e. The van der Waals surface area contributed by atoms with Crippen LogP contribution >= 0.6 is 0 Å². The summed E-state index contributed by atoms with van der Waals surface area (Å²) in [5.41, 5.74) is -2.75. The second-order valence-electron chi connectivity index (χ2n) is 8.50. The minimum absolute atomic E-state index is 0.0526. The van der Waals surface area contributed by atoms with E-state index in [1.807, 2.05) is 27.7 Å². The van der Waals surface area contributed by atoms with Crippen LogP contribution in [-0.2, 0) is 17.5 Å². The number of hydrogen-bond acceptors (Lipinski definition) is 6. The number of hydrogen-bond donors (Lipinski definition) is 2. The first-order chi connectivity index (χ1) is 18.9. The van der Waals surface area contributed by atoms with Gasteiger partial charge in [0.1, 0.15) is 5.54 Å². The van der Waals surface area contributed by atoms with Crippen molar-refractivity contribution in [2.75, 3.05) is 10.2 Å². The molecule has 1 saturated heterocycles. The molecule has 0 saturated carbocycles. The van der Waals surface area contributed by atoms with Crippen LogP contribution in [0.4, 0.5) is 35.2 Å². The summed E-state index contributed by atoms with van der Waals surface area (Å²) in [5, 5.41) is 18.3. The Balaban J connectivity index is 0.00000134. The van der Waals surface area contributed by atoms with Gasteiger partial charge in [0.25, 0.3) is 11.5 Å². The van der Waals surface area contributed by atoms with Gasteiger partial charge in [0.15, 0.2) is 5.82 Å². The number of alkyl halides is 3. The van der Waals surface area contributed by atoms with Gasteiger partial charge in [-0.1, -0.05) is 45.9 Å². The number of nitrogens with one attached hydrogen (secondary N) is 2. The molecular weight excluding hydrogens is 525 g/mol. The third-order valence-electron chi connectivity index (χ3n) is 5.80. The maximum atomic E-state index is 13.5. The lowest BCUT2D eigenvalue weighted by atomic mass is 10.0. The van der Waals surface area contributed by atoms with E-state index in [1.54, 1.807) is 24.3 Å². The van der Waals surface area contributed by atoms with E-state index in [0.29, 0.717) is 28.0 Å². The normalized spacial score (nSPS) is 14.0. The van der Waals surface area contributed by atoms with Crippen molar-refractivity contribution in [3.8, 4) is 6.07 Å². The number of aromatic amines is 1. The van der Waals surface area contributed by atoms with Gasteiger partial charge in [-0.25, -0.2) is 14.8 Å². The zero-order chi connectivity index (χ0) is 30.3. The highest BCUT2D eigenvalue weighted by Crippen LogP contribution is 2.38. The Hall–Kier alpha value is -4.66. The fraction of sp³-hybridized carbons (Fsp3) is 0.321. The SMILES string of the molecule is CC.CC.CC1(C)C(=O)N(c2ccc(C#N)c(C(F)(F)F)c2)C(=O)N1Cc1ccccc1Nc1ccc(=O)[nH]n1. The van der Waals surface area contributed by atoms with Crippen LogP contribution in [-0.4, -0.2) is 32.6 Å². The Bertz CT molecular complexity index is 1440. The average Bonchev–Trinajstić information content (AvgIpc) is 3.11. The lowest BCUT2D eigenvalue weighted by Gasteiger charge is -2.28. The summed E-state index contributed by atoms with van der Waals surface area (Å²) < 4.78 is 40.4. The van der Waals surface area contributed by atoms with Crippen LogP contribution in [0, 0.1) is 11.3 Å². The summed E-state index contributed by atoms with van der Waals surface area (Å²) in [4.78, 5) is 39.8. The molecule has 1 fully saturated rings. The maximum absolute atomic E-state index is 13.5. The highest BCUT2D eigenvalue weighted by atomic mass is 19.4. The molecule has 0 bridgehead atoms. The number of amides is 3. The number of rotatable bonds is 5. The van der Waals surface area contributed by atoms with E-state index < -0.39 is 34.8 Å². The number of carbonyl (C=O) groups is 2. The van der Waals surface area contributed by atoms with Gasteiger partial charge in [-0.2, -0.15) is 23.5 Å². The number of halogens is 3. The fourth-order valence-corrected chi connectivity index (χ4v) is 3.83. The molecule has 2 heterocycles. The van der Waals surface area contributed by atoms with Crippen LogP contribution in [0.5, 0.6) is 0 Å². The molecule has 2 N–H and O–H groups in total. The lowest BCUT2D eigenvalue weighted by Crippen LogP contribution is -2.43. The number of H-pyrrole nitrogens is 1. The number of nitrogens with zero attached hydrogens (tertiary/aromatic N) is 4. The van der Waals surface area contributed by atoms with Crippen LogP contribution in [0.1, 0.15) is 58.2 Å². The second-order valence-corrected chi connectivity index (χ2v) is 8.50. The van der Waals surface area contributed by atoms with Crippen LogP contribution in [0.15, 0.2) is 59.4 Å². The molecule has 0 atom stereocenters. The third kappa shape index (κ3) is 6.48. The van der Waals surface area contributed by atoms with Crippen LogP contribution in [0.25, 0.3) is 0 Å². The van der Waals surface area contributed by atoms with Gasteiger partial charge in [0.2, 0.25) is 0 Å². The van der Waals surface area contributed by atoms with E-state index in [-0.39, 0.29) is 17.8 Å². The fourth-order valence-electron chi connectivity index (χ4n) is 3.83. The lowest BCUT2D eigenvalue weighted by molar-refractivity contribution is -0.137. The van der Waals surface area contributed by atoms with Gasteiger partial charge in [-0.15, -0.1) is 0 Å². The van der Waals surface area contributed by atoms with Crippen LogP contribution < -0.4 is 15.8 Å². The number of para-hydroxylation sites is 1.